The highest BCUT2D eigenvalue weighted by Crippen LogP contribution is 2.39. The molecule has 0 aliphatic heterocycles. The number of rotatable bonds is 7. The smallest absolute Gasteiger partial charge is 0.243 e. The van der Waals surface area contributed by atoms with E-state index in [-0.39, 0.29) is 10.3 Å². The number of nitrogens with two attached hydrogens (primary N) is 1. The second-order valence-electron chi connectivity index (χ2n) is 5.57. The molecular weight excluding hydrogens is 264 g/mol. The molecule has 0 spiro atoms. The van der Waals surface area contributed by atoms with Crippen molar-refractivity contribution in [1.29, 1.82) is 0 Å². The quantitative estimate of drug-likeness (QED) is 0.772. The number of hydrogen-bond donors (Lipinski definition) is 2. The maximum Gasteiger partial charge on any atom is 0.243 e. The third-order valence-electron chi connectivity index (χ3n) is 3.76. The van der Waals surface area contributed by atoms with Gasteiger partial charge in [-0.15, -0.1) is 0 Å². The van der Waals surface area contributed by atoms with Crippen LogP contribution in [0.5, 0.6) is 0 Å². The van der Waals surface area contributed by atoms with Gasteiger partial charge in [0.25, 0.3) is 0 Å². The Labute approximate surface area is 114 Å². The van der Waals surface area contributed by atoms with Gasteiger partial charge >= 0.3 is 0 Å². The van der Waals surface area contributed by atoms with Crippen LogP contribution in [-0.4, -0.2) is 31.3 Å². The van der Waals surface area contributed by atoms with Crippen LogP contribution in [0.2, 0.25) is 0 Å². The molecule has 19 heavy (non-hydrogen) atoms. The van der Waals surface area contributed by atoms with Crippen LogP contribution >= 0.6 is 0 Å². The van der Waals surface area contributed by atoms with E-state index in [4.69, 9.17) is 5.73 Å². The molecule has 1 aromatic heterocycles. The van der Waals surface area contributed by atoms with Crippen molar-refractivity contribution >= 4 is 10.0 Å². The molecule has 0 saturated heterocycles. The van der Waals surface area contributed by atoms with Gasteiger partial charge in [0, 0.05) is 19.3 Å². The molecule has 1 aromatic rings. The lowest BCUT2D eigenvalue weighted by Gasteiger charge is -2.38. The van der Waals surface area contributed by atoms with E-state index in [9.17, 15) is 8.42 Å². The standard InChI is InChI=1S/C12H22N4O2S/c1-12(4-2-5-12)10-15-19(17,18)11-8-14-16(9-11)7-3-6-13/h8-9,15H,2-7,10,13H2,1H3. The van der Waals surface area contributed by atoms with Gasteiger partial charge in [0.1, 0.15) is 4.90 Å². The molecule has 1 saturated carbocycles. The zero-order valence-electron chi connectivity index (χ0n) is 11.3. The maximum atomic E-state index is 12.1. The highest BCUT2D eigenvalue weighted by Gasteiger charge is 2.33. The second-order valence-corrected chi connectivity index (χ2v) is 7.34. The molecule has 0 aromatic carbocycles. The number of nitrogens with zero attached hydrogens (tertiary/aromatic N) is 2. The number of aromatic nitrogens is 2. The highest BCUT2D eigenvalue weighted by atomic mass is 32.2. The summed E-state index contributed by atoms with van der Waals surface area (Å²) in [5.74, 6) is 0. The molecule has 0 bridgehead atoms. The van der Waals surface area contributed by atoms with Crippen LogP contribution in [0.25, 0.3) is 0 Å². The Kier molecular flexibility index (Phi) is 4.27. The fourth-order valence-corrected chi connectivity index (χ4v) is 3.32. The molecule has 7 heteroatoms. The molecular formula is C12H22N4O2S. The van der Waals surface area contributed by atoms with Crippen molar-refractivity contribution in [2.24, 2.45) is 11.1 Å². The van der Waals surface area contributed by atoms with Gasteiger partial charge < -0.3 is 5.73 Å². The molecule has 6 nitrogen and oxygen atoms in total. The molecule has 0 unspecified atom stereocenters. The first kappa shape index (κ1) is 14.5. The SMILES string of the molecule is CC1(CNS(=O)(=O)c2cnn(CCCN)c2)CCC1. The van der Waals surface area contributed by atoms with Crippen LogP contribution in [0.4, 0.5) is 0 Å². The molecule has 0 amide bonds. The summed E-state index contributed by atoms with van der Waals surface area (Å²) < 4.78 is 28.5. The summed E-state index contributed by atoms with van der Waals surface area (Å²) in [5.41, 5.74) is 5.54. The largest absolute Gasteiger partial charge is 0.330 e. The van der Waals surface area contributed by atoms with E-state index >= 15 is 0 Å². The van der Waals surface area contributed by atoms with E-state index in [2.05, 4.69) is 16.7 Å². The van der Waals surface area contributed by atoms with Gasteiger partial charge in [-0.3, -0.25) is 4.68 Å². The highest BCUT2D eigenvalue weighted by molar-refractivity contribution is 7.89. The summed E-state index contributed by atoms with van der Waals surface area (Å²) in [6.07, 6.45) is 7.10. The van der Waals surface area contributed by atoms with Crippen LogP contribution in [0, 0.1) is 5.41 Å². The van der Waals surface area contributed by atoms with E-state index in [1.807, 2.05) is 0 Å². The Morgan fingerprint density at radius 1 is 1.53 bits per heavy atom. The number of hydrogen-bond acceptors (Lipinski definition) is 4. The van der Waals surface area contributed by atoms with Crippen LogP contribution in [-0.2, 0) is 16.6 Å². The predicted molar refractivity (Wildman–Crippen MR) is 73.0 cm³/mol. The fraction of sp³-hybridized carbons (Fsp3) is 0.750. The Morgan fingerprint density at radius 2 is 2.26 bits per heavy atom. The van der Waals surface area contributed by atoms with Crippen molar-refractivity contribution in [2.75, 3.05) is 13.1 Å². The van der Waals surface area contributed by atoms with Crippen molar-refractivity contribution < 1.29 is 8.42 Å². The molecule has 1 fully saturated rings. The minimum Gasteiger partial charge on any atom is -0.330 e. The second kappa shape index (κ2) is 5.60. The number of sulfonamides is 1. The maximum absolute atomic E-state index is 12.1. The topological polar surface area (TPSA) is 90.0 Å². The first-order valence-electron chi connectivity index (χ1n) is 6.67. The summed E-state index contributed by atoms with van der Waals surface area (Å²) in [6, 6.07) is 0. The third kappa shape index (κ3) is 3.55. The summed E-state index contributed by atoms with van der Waals surface area (Å²) >= 11 is 0. The molecule has 2 rings (SSSR count). The van der Waals surface area contributed by atoms with E-state index in [0.29, 0.717) is 19.6 Å². The lowest BCUT2D eigenvalue weighted by Crippen LogP contribution is -2.39. The molecule has 1 aliphatic carbocycles. The molecule has 0 radical (unpaired) electrons. The number of aryl methyl sites for hydroxylation is 1. The Balaban J connectivity index is 1.96. The fourth-order valence-electron chi connectivity index (χ4n) is 2.17. The van der Waals surface area contributed by atoms with Gasteiger partial charge in [-0.05, 0) is 31.2 Å². The van der Waals surface area contributed by atoms with Gasteiger partial charge in [-0.1, -0.05) is 13.3 Å². The van der Waals surface area contributed by atoms with E-state index in [0.717, 1.165) is 19.3 Å². The third-order valence-corrected chi connectivity index (χ3v) is 5.12. The van der Waals surface area contributed by atoms with Gasteiger partial charge in [0.05, 0.1) is 6.20 Å². The van der Waals surface area contributed by atoms with Gasteiger partial charge in [-0.25, -0.2) is 13.1 Å². The predicted octanol–water partition coefficient (Wildman–Crippen LogP) is 0.700. The lowest BCUT2D eigenvalue weighted by atomic mass is 9.71. The van der Waals surface area contributed by atoms with Crippen molar-refractivity contribution in [2.45, 2.75) is 44.0 Å². The van der Waals surface area contributed by atoms with E-state index in [1.54, 1.807) is 10.9 Å². The monoisotopic (exact) mass is 286 g/mol. The molecule has 1 heterocycles. The van der Waals surface area contributed by atoms with Crippen LogP contribution in [0.15, 0.2) is 17.3 Å². The zero-order valence-corrected chi connectivity index (χ0v) is 12.1. The molecule has 1 aliphatic rings. The summed E-state index contributed by atoms with van der Waals surface area (Å²) in [4.78, 5) is 0.229. The van der Waals surface area contributed by atoms with Gasteiger partial charge in [0.2, 0.25) is 10.0 Å². The van der Waals surface area contributed by atoms with Crippen LogP contribution in [0.1, 0.15) is 32.6 Å². The molecule has 0 atom stereocenters. The van der Waals surface area contributed by atoms with Crippen molar-refractivity contribution in [1.82, 2.24) is 14.5 Å². The van der Waals surface area contributed by atoms with E-state index in [1.165, 1.54) is 12.6 Å². The minimum absolute atomic E-state index is 0.128. The van der Waals surface area contributed by atoms with Crippen molar-refractivity contribution in [3.8, 4) is 0 Å². The number of nitrogens with one attached hydrogen (secondary N) is 1. The first-order chi connectivity index (χ1) is 8.95. The average molecular weight is 286 g/mol. The summed E-state index contributed by atoms with van der Waals surface area (Å²) in [6.45, 7) is 3.83. The van der Waals surface area contributed by atoms with Gasteiger partial charge in [-0.2, -0.15) is 5.10 Å². The normalized spacial score (nSPS) is 18.2. The van der Waals surface area contributed by atoms with Crippen molar-refractivity contribution in [3.05, 3.63) is 12.4 Å². The van der Waals surface area contributed by atoms with Crippen LogP contribution in [0.3, 0.4) is 0 Å². The molecule has 3 N–H and O–H groups in total. The Hall–Kier alpha value is -0.920. The first-order valence-corrected chi connectivity index (χ1v) is 8.16. The lowest BCUT2D eigenvalue weighted by molar-refractivity contribution is 0.166. The average Bonchev–Trinajstić information content (AvgIpc) is 2.81. The van der Waals surface area contributed by atoms with E-state index < -0.39 is 10.0 Å². The summed E-state index contributed by atoms with van der Waals surface area (Å²) in [7, 11) is -3.44. The Bertz CT molecular complexity index is 520. The summed E-state index contributed by atoms with van der Waals surface area (Å²) in [5, 5.41) is 4.04. The minimum atomic E-state index is -3.44. The Morgan fingerprint density at radius 3 is 2.84 bits per heavy atom. The van der Waals surface area contributed by atoms with Gasteiger partial charge in [0.15, 0.2) is 0 Å². The van der Waals surface area contributed by atoms with Crippen molar-refractivity contribution in [3.63, 3.8) is 0 Å². The van der Waals surface area contributed by atoms with Crippen LogP contribution < -0.4 is 10.5 Å². The zero-order chi connectivity index (χ0) is 13.9. The molecule has 108 valence electrons.